The van der Waals surface area contributed by atoms with E-state index in [0.717, 1.165) is 24.0 Å². The molecule has 36 heavy (non-hydrogen) atoms. The van der Waals surface area contributed by atoms with Crippen LogP contribution >= 0.6 is 0 Å². The predicted octanol–water partition coefficient (Wildman–Crippen LogP) is 7.82. The third kappa shape index (κ3) is 10.2. The Hall–Kier alpha value is -3.86. The van der Waals surface area contributed by atoms with Crippen LogP contribution in [0.5, 0.6) is 5.75 Å². The van der Waals surface area contributed by atoms with Crippen molar-refractivity contribution in [1.82, 2.24) is 0 Å². The summed E-state index contributed by atoms with van der Waals surface area (Å²) in [6.07, 6.45) is 7.36. The number of esters is 1. The maximum Gasteiger partial charge on any atom is 0.338 e. The van der Waals surface area contributed by atoms with Gasteiger partial charge in [-0.15, -0.1) is 0 Å². The van der Waals surface area contributed by atoms with Crippen molar-refractivity contribution in [3.63, 3.8) is 0 Å². The van der Waals surface area contributed by atoms with Gasteiger partial charge in [0.2, 0.25) is 0 Å². The van der Waals surface area contributed by atoms with Gasteiger partial charge in [-0.2, -0.15) is 0 Å². The number of carboxylic acids is 1. The van der Waals surface area contributed by atoms with Crippen molar-refractivity contribution in [3.8, 4) is 16.9 Å². The summed E-state index contributed by atoms with van der Waals surface area (Å²) in [5, 5.41) is 8.59. The summed E-state index contributed by atoms with van der Waals surface area (Å²) in [5.74, 6) is -0.521. The first-order valence-corrected chi connectivity index (χ1v) is 12.4. The molecule has 0 radical (unpaired) electrons. The Kier molecular flexibility index (Phi) is 12.6. The van der Waals surface area contributed by atoms with Crippen LogP contribution in [-0.2, 0) is 4.74 Å². The minimum atomic E-state index is -0.935. The molecule has 0 fully saturated rings. The SMILES string of the molecule is C=CCOc1ccc(C(=O)O)cc1.CCCCCC[C@@H](C)OC(=O)c1ccc(-c2ccccc2)cc1. The summed E-state index contributed by atoms with van der Waals surface area (Å²) in [7, 11) is 0. The highest BCUT2D eigenvalue weighted by Crippen LogP contribution is 2.20. The molecule has 0 bridgehead atoms. The Morgan fingerprint density at radius 1 is 0.861 bits per heavy atom. The van der Waals surface area contributed by atoms with E-state index in [2.05, 4.69) is 25.6 Å². The average Bonchev–Trinajstić information content (AvgIpc) is 2.91. The topological polar surface area (TPSA) is 72.8 Å². The van der Waals surface area contributed by atoms with Crippen molar-refractivity contribution >= 4 is 11.9 Å². The second-order valence-corrected chi connectivity index (χ2v) is 8.44. The second-order valence-electron chi connectivity index (χ2n) is 8.44. The normalized spacial score (nSPS) is 10.9. The van der Waals surface area contributed by atoms with Crippen LogP contribution in [0.15, 0.2) is 91.5 Å². The van der Waals surface area contributed by atoms with Crippen LogP contribution in [0.25, 0.3) is 11.1 Å². The van der Waals surface area contributed by atoms with Crippen molar-refractivity contribution in [2.24, 2.45) is 0 Å². The number of rotatable bonds is 12. The molecule has 5 heteroatoms. The molecule has 0 spiro atoms. The summed E-state index contributed by atoms with van der Waals surface area (Å²) in [5.41, 5.74) is 3.13. The lowest BCUT2D eigenvalue weighted by molar-refractivity contribution is 0.0319. The lowest BCUT2D eigenvalue weighted by Crippen LogP contribution is -2.15. The van der Waals surface area contributed by atoms with Gasteiger partial charge in [0.05, 0.1) is 17.2 Å². The zero-order valence-electron chi connectivity index (χ0n) is 21.2. The van der Waals surface area contributed by atoms with Gasteiger partial charge in [-0.3, -0.25) is 0 Å². The molecule has 1 atom stereocenters. The summed E-state index contributed by atoms with van der Waals surface area (Å²) < 4.78 is 10.7. The van der Waals surface area contributed by atoms with Gasteiger partial charge in [0, 0.05) is 0 Å². The van der Waals surface area contributed by atoms with Crippen molar-refractivity contribution in [2.45, 2.75) is 52.1 Å². The van der Waals surface area contributed by atoms with Crippen LogP contribution in [0.3, 0.4) is 0 Å². The molecule has 1 N–H and O–H groups in total. The van der Waals surface area contributed by atoms with Gasteiger partial charge in [-0.25, -0.2) is 9.59 Å². The molecule has 3 rings (SSSR count). The molecular formula is C31H36O5. The number of aromatic carboxylic acids is 1. The molecule has 0 saturated carbocycles. The van der Waals surface area contributed by atoms with Gasteiger partial charge >= 0.3 is 11.9 Å². The number of unbranched alkanes of at least 4 members (excludes halogenated alkanes) is 3. The van der Waals surface area contributed by atoms with E-state index in [4.69, 9.17) is 14.6 Å². The Labute approximate surface area is 214 Å². The molecule has 0 aliphatic carbocycles. The van der Waals surface area contributed by atoms with Crippen molar-refractivity contribution < 1.29 is 24.2 Å². The molecule has 5 nitrogen and oxygen atoms in total. The molecule has 0 aliphatic heterocycles. The summed E-state index contributed by atoms with van der Waals surface area (Å²) in [6, 6.07) is 24.0. The maximum absolute atomic E-state index is 12.2. The van der Waals surface area contributed by atoms with E-state index in [1.165, 1.54) is 31.4 Å². The molecule has 0 heterocycles. The van der Waals surface area contributed by atoms with E-state index in [1.54, 1.807) is 18.2 Å². The van der Waals surface area contributed by atoms with Gasteiger partial charge in [0.1, 0.15) is 12.4 Å². The van der Waals surface area contributed by atoms with Crippen LogP contribution < -0.4 is 4.74 Å². The number of hydrogen-bond donors (Lipinski definition) is 1. The number of carbonyl (C=O) groups is 2. The maximum atomic E-state index is 12.2. The predicted molar refractivity (Wildman–Crippen MR) is 145 cm³/mol. The third-order valence-corrected chi connectivity index (χ3v) is 5.47. The molecule has 190 valence electrons. The van der Waals surface area contributed by atoms with E-state index < -0.39 is 5.97 Å². The van der Waals surface area contributed by atoms with Gasteiger partial charge in [-0.05, 0) is 67.3 Å². The van der Waals surface area contributed by atoms with E-state index in [1.807, 2.05) is 49.4 Å². The third-order valence-electron chi connectivity index (χ3n) is 5.47. The Bertz CT molecular complexity index is 1060. The number of hydrogen-bond acceptors (Lipinski definition) is 4. The van der Waals surface area contributed by atoms with Crippen LogP contribution in [0.1, 0.15) is 66.7 Å². The fourth-order valence-electron chi connectivity index (χ4n) is 3.45. The summed E-state index contributed by atoms with van der Waals surface area (Å²) in [6.45, 7) is 8.10. The number of carbonyl (C=O) groups excluding carboxylic acids is 1. The molecule has 0 aromatic heterocycles. The van der Waals surface area contributed by atoms with E-state index >= 15 is 0 Å². The van der Waals surface area contributed by atoms with E-state index in [0.29, 0.717) is 17.9 Å². The van der Waals surface area contributed by atoms with Gasteiger partial charge in [0.15, 0.2) is 0 Å². The Morgan fingerprint density at radius 3 is 2.06 bits per heavy atom. The quantitative estimate of drug-likeness (QED) is 0.160. The largest absolute Gasteiger partial charge is 0.490 e. The smallest absolute Gasteiger partial charge is 0.338 e. The lowest BCUT2D eigenvalue weighted by Gasteiger charge is -2.13. The highest BCUT2D eigenvalue weighted by molar-refractivity contribution is 5.90. The minimum Gasteiger partial charge on any atom is -0.490 e. The molecule has 0 aliphatic rings. The second kappa shape index (κ2) is 15.9. The zero-order chi connectivity index (χ0) is 26.2. The highest BCUT2D eigenvalue weighted by atomic mass is 16.5. The molecule has 0 unspecified atom stereocenters. The first-order valence-electron chi connectivity index (χ1n) is 12.4. The Morgan fingerprint density at radius 2 is 1.47 bits per heavy atom. The zero-order valence-corrected chi connectivity index (χ0v) is 21.2. The van der Waals surface area contributed by atoms with Crippen LogP contribution in [-0.4, -0.2) is 29.8 Å². The molecule has 0 amide bonds. The summed E-state index contributed by atoms with van der Waals surface area (Å²) in [4.78, 5) is 22.6. The average molecular weight is 489 g/mol. The first kappa shape index (κ1) is 28.4. The van der Waals surface area contributed by atoms with Crippen molar-refractivity contribution in [3.05, 3.63) is 103 Å². The molecular weight excluding hydrogens is 452 g/mol. The first-order chi connectivity index (χ1) is 17.4. The van der Waals surface area contributed by atoms with Crippen LogP contribution in [0, 0.1) is 0 Å². The van der Waals surface area contributed by atoms with Crippen LogP contribution in [0.4, 0.5) is 0 Å². The van der Waals surface area contributed by atoms with E-state index in [-0.39, 0.29) is 17.6 Å². The lowest BCUT2D eigenvalue weighted by atomic mass is 10.0. The van der Waals surface area contributed by atoms with Gasteiger partial charge in [-0.1, -0.05) is 81.3 Å². The summed E-state index contributed by atoms with van der Waals surface area (Å²) >= 11 is 0. The van der Waals surface area contributed by atoms with E-state index in [9.17, 15) is 9.59 Å². The standard InChI is InChI=1S/C21H26O2.C10H10O3/c1-3-4-5-7-10-17(2)23-21(22)20-15-13-19(14-16-20)18-11-8-6-9-12-18;1-2-7-13-9-5-3-8(4-6-9)10(11)12/h6,8-9,11-17H,3-5,7,10H2,1-2H3;2-6H,1,7H2,(H,11,12)/t17-;/m1./s1. The Balaban J connectivity index is 0.000000297. The fourth-order valence-corrected chi connectivity index (χ4v) is 3.45. The van der Waals surface area contributed by atoms with Crippen LogP contribution in [0.2, 0.25) is 0 Å². The fraction of sp³-hybridized carbons (Fsp3) is 0.290. The number of benzene rings is 3. The van der Waals surface area contributed by atoms with Crippen molar-refractivity contribution in [1.29, 1.82) is 0 Å². The van der Waals surface area contributed by atoms with Gasteiger partial charge < -0.3 is 14.6 Å². The van der Waals surface area contributed by atoms with Crippen molar-refractivity contribution in [2.75, 3.05) is 6.61 Å². The minimum absolute atomic E-state index is 0.0202. The molecule has 3 aromatic rings. The number of carboxylic acid groups (broad SMARTS) is 1. The number of ether oxygens (including phenoxy) is 2. The molecule has 3 aromatic carbocycles. The van der Waals surface area contributed by atoms with Gasteiger partial charge in [0.25, 0.3) is 0 Å². The highest BCUT2D eigenvalue weighted by Gasteiger charge is 2.12. The molecule has 0 saturated heterocycles. The monoisotopic (exact) mass is 488 g/mol.